The summed E-state index contributed by atoms with van der Waals surface area (Å²) in [7, 11) is -4.30. The zero-order valence-electron chi connectivity index (χ0n) is 39.3. The molecule has 3 N–H and O–H groups in total. The quantitative estimate of drug-likeness (QED) is 0.0269. The molecule has 0 heterocycles. The maximum absolute atomic E-state index is 12.6. The molecular formula is C53H90NO7P. The second kappa shape index (κ2) is 49.2. The van der Waals surface area contributed by atoms with Gasteiger partial charge in [-0.15, -0.1) is 0 Å². The molecule has 0 aromatic heterocycles. The third-order valence-corrected chi connectivity index (χ3v) is 10.7. The number of phosphoric ester groups is 1. The second-order valence-corrected chi connectivity index (χ2v) is 17.0. The van der Waals surface area contributed by atoms with E-state index in [1.54, 1.807) is 0 Å². The molecule has 0 spiro atoms. The normalized spacial score (nSPS) is 14.3. The molecule has 0 rings (SSSR count). The lowest BCUT2D eigenvalue weighted by atomic mass is 10.0. The number of carbonyl (C=O) groups excluding carboxylic acids is 1. The van der Waals surface area contributed by atoms with Crippen LogP contribution in [0.15, 0.2) is 109 Å². The van der Waals surface area contributed by atoms with E-state index in [0.717, 1.165) is 77.0 Å². The molecule has 62 heavy (non-hydrogen) atoms. The van der Waals surface area contributed by atoms with Gasteiger partial charge in [0.05, 0.1) is 19.8 Å². The zero-order valence-corrected chi connectivity index (χ0v) is 40.2. The Balaban J connectivity index is 4.02. The topological polar surface area (TPSA) is 117 Å². The molecule has 9 heteroatoms. The largest absolute Gasteiger partial charge is 0.472 e. The van der Waals surface area contributed by atoms with Crippen molar-refractivity contribution >= 4 is 13.8 Å². The molecule has 0 radical (unpaired) electrons. The van der Waals surface area contributed by atoms with Gasteiger partial charge >= 0.3 is 13.8 Å². The van der Waals surface area contributed by atoms with Crippen LogP contribution >= 0.6 is 7.82 Å². The highest BCUT2D eigenvalue weighted by Gasteiger charge is 2.25. The summed E-state index contributed by atoms with van der Waals surface area (Å²) in [4.78, 5) is 22.5. The average molecular weight is 884 g/mol. The van der Waals surface area contributed by atoms with Crippen molar-refractivity contribution < 1.29 is 32.8 Å². The van der Waals surface area contributed by atoms with Gasteiger partial charge in [-0.1, -0.05) is 194 Å². The number of unbranched alkanes of at least 4 members (excludes halogenated alkanes) is 14. The molecule has 0 aromatic rings. The predicted octanol–water partition coefficient (Wildman–Crippen LogP) is 15.2. The summed E-state index contributed by atoms with van der Waals surface area (Å²) in [5.74, 6) is -0.390. The third-order valence-electron chi connectivity index (χ3n) is 9.69. The van der Waals surface area contributed by atoms with Crippen molar-refractivity contribution in [3.63, 3.8) is 0 Å². The van der Waals surface area contributed by atoms with Crippen LogP contribution in [-0.4, -0.2) is 49.9 Å². The summed E-state index contributed by atoms with van der Waals surface area (Å²) in [5, 5.41) is 0. The van der Waals surface area contributed by atoms with Gasteiger partial charge in [-0.2, -0.15) is 0 Å². The molecule has 0 saturated heterocycles. The Morgan fingerprint density at radius 2 is 0.855 bits per heavy atom. The highest BCUT2D eigenvalue weighted by molar-refractivity contribution is 7.47. The molecule has 0 aliphatic rings. The van der Waals surface area contributed by atoms with Gasteiger partial charge in [0.1, 0.15) is 6.10 Å². The van der Waals surface area contributed by atoms with Crippen LogP contribution in [0.1, 0.15) is 181 Å². The van der Waals surface area contributed by atoms with Gasteiger partial charge in [-0.25, -0.2) is 4.57 Å². The van der Waals surface area contributed by atoms with Crippen LogP contribution < -0.4 is 5.73 Å². The number of phosphoric acid groups is 1. The first-order valence-electron chi connectivity index (χ1n) is 24.4. The molecule has 0 bridgehead atoms. The number of hydrogen-bond donors (Lipinski definition) is 2. The van der Waals surface area contributed by atoms with Gasteiger partial charge in [-0.05, 0) is 89.9 Å². The van der Waals surface area contributed by atoms with Crippen molar-refractivity contribution in [1.29, 1.82) is 0 Å². The maximum Gasteiger partial charge on any atom is 0.472 e. The van der Waals surface area contributed by atoms with Crippen LogP contribution in [-0.2, 0) is 27.9 Å². The smallest absolute Gasteiger partial charge is 0.457 e. The van der Waals surface area contributed by atoms with E-state index in [0.29, 0.717) is 13.0 Å². The monoisotopic (exact) mass is 884 g/mol. The molecule has 0 saturated carbocycles. The predicted molar refractivity (Wildman–Crippen MR) is 265 cm³/mol. The number of allylic oxidation sites excluding steroid dienone is 18. The number of rotatable bonds is 45. The summed E-state index contributed by atoms with van der Waals surface area (Å²) < 4.78 is 33.5. The molecule has 0 aromatic carbocycles. The van der Waals surface area contributed by atoms with Gasteiger partial charge in [0.25, 0.3) is 0 Å². The maximum atomic E-state index is 12.6. The highest BCUT2D eigenvalue weighted by atomic mass is 31.2. The molecule has 0 amide bonds. The number of esters is 1. The van der Waals surface area contributed by atoms with E-state index in [9.17, 15) is 14.3 Å². The lowest BCUT2D eigenvalue weighted by Crippen LogP contribution is -2.28. The molecule has 0 fully saturated rings. The molecule has 8 nitrogen and oxygen atoms in total. The third kappa shape index (κ3) is 48.2. The summed E-state index contributed by atoms with van der Waals surface area (Å²) in [6.07, 6.45) is 67.0. The van der Waals surface area contributed by atoms with Crippen molar-refractivity contribution in [2.75, 3.05) is 33.0 Å². The van der Waals surface area contributed by atoms with Gasteiger partial charge in [0.15, 0.2) is 0 Å². The number of nitrogens with two attached hydrogens (primary N) is 1. The minimum Gasteiger partial charge on any atom is -0.457 e. The molecule has 2 atom stereocenters. The average Bonchev–Trinajstić information content (AvgIpc) is 3.26. The molecular weight excluding hydrogens is 794 g/mol. The summed E-state index contributed by atoms with van der Waals surface area (Å²) in [6, 6.07) is 0. The Morgan fingerprint density at radius 3 is 1.27 bits per heavy atom. The Kier molecular flexibility index (Phi) is 46.9. The van der Waals surface area contributed by atoms with Crippen LogP contribution in [0.2, 0.25) is 0 Å². The Bertz CT molecular complexity index is 1310. The summed E-state index contributed by atoms with van der Waals surface area (Å²) >= 11 is 0. The van der Waals surface area contributed by atoms with Crippen LogP contribution in [0.4, 0.5) is 0 Å². The Morgan fingerprint density at radius 1 is 0.484 bits per heavy atom. The minimum absolute atomic E-state index is 0.0856. The fourth-order valence-electron chi connectivity index (χ4n) is 6.20. The Hall–Kier alpha value is -2.84. The van der Waals surface area contributed by atoms with Crippen LogP contribution in [0.25, 0.3) is 0 Å². The molecule has 2 unspecified atom stereocenters. The number of ether oxygens (including phenoxy) is 2. The molecule has 0 aliphatic carbocycles. The SMILES string of the molecule is CC/C=C\C/C=C\C/C=C\C/C=C\C/C=C\CCCC(=O)OC(COCCCCCCCCCCCCCCC/C=C\C/C=C\C/C=C\C/C=C\CC)COP(=O)(O)OCCN. The van der Waals surface area contributed by atoms with Crippen LogP contribution in [0.3, 0.4) is 0 Å². The first kappa shape index (κ1) is 59.2. The van der Waals surface area contributed by atoms with E-state index >= 15 is 0 Å². The van der Waals surface area contributed by atoms with E-state index in [4.69, 9.17) is 24.3 Å². The second-order valence-electron chi connectivity index (χ2n) is 15.6. The van der Waals surface area contributed by atoms with Crippen molar-refractivity contribution in [2.45, 2.75) is 187 Å². The lowest BCUT2D eigenvalue weighted by Gasteiger charge is -2.20. The number of hydrogen-bond acceptors (Lipinski definition) is 7. The van der Waals surface area contributed by atoms with Crippen LogP contribution in [0.5, 0.6) is 0 Å². The molecule has 354 valence electrons. The van der Waals surface area contributed by atoms with E-state index in [2.05, 4.69) is 123 Å². The van der Waals surface area contributed by atoms with Crippen molar-refractivity contribution in [3.8, 4) is 0 Å². The standard InChI is InChI=1S/C53H90NO7P/c1-3-5-7-9-11-13-15-17-19-21-22-23-24-25-26-27-28-29-31-33-35-37-39-41-43-45-48-58-50-52(51-60-62(56,57)59-49-47-54)61-53(55)46-44-42-40-38-36-34-32-30-20-18-16-14-12-10-8-6-4-2/h5-8,11-14,17-20,22-23,32,34,38,40,52H,3-4,9-10,15-16,21,24-31,33,35-37,39,41-51,54H2,1-2H3,(H,56,57)/b7-5-,8-6-,13-11-,14-12-,19-17-,20-18-,23-22-,34-32-,40-38-. The van der Waals surface area contributed by atoms with E-state index in [-0.39, 0.29) is 32.8 Å². The van der Waals surface area contributed by atoms with Crippen molar-refractivity contribution in [1.82, 2.24) is 0 Å². The van der Waals surface area contributed by atoms with Gasteiger partial charge < -0.3 is 20.1 Å². The van der Waals surface area contributed by atoms with Gasteiger partial charge in [0, 0.05) is 19.6 Å². The minimum atomic E-state index is -4.30. The summed E-state index contributed by atoms with van der Waals surface area (Å²) in [5.41, 5.74) is 5.38. The van der Waals surface area contributed by atoms with Crippen LogP contribution in [0, 0.1) is 0 Å². The Labute approximate surface area is 380 Å². The van der Waals surface area contributed by atoms with Gasteiger partial charge in [-0.3, -0.25) is 13.8 Å². The van der Waals surface area contributed by atoms with E-state index < -0.39 is 19.9 Å². The van der Waals surface area contributed by atoms with Crippen molar-refractivity contribution in [2.24, 2.45) is 5.73 Å². The lowest BCUT2D eigenvalue weighted by molar-refractivity contribution is -0.154. The highest BCUT2D eigenvalue weighted by Crippen LogP contribution is 2.43. The first-order valence-corrected chi connectivity index (χ1v) is 25.9. The zero-order chi connectivity index (χ0) is 45.1. The van der Waals surface area contributed by atoms with E-state index in [1.165, 1.54) is 77.0 Å². The summed E-state index contributed by atoms with van der Waals surface area (Å²) in [6.45, 7) is 4.60. The fourth-order valence-corrected chi connectivity index (χ4v) is 6.96. The van der Waals surface area contributed by atoms with E-state index in [1.807, 2.05) is 0 Å². The first-order chi connectivity index (χ1) is 30.4. The van der Waals surface area contributed by atoms with Gasteiger partial charge in [0.2, 0.25) is 0 Å². The number of carbonyl (C=O) groups is 1. The fraction of sp³-hybridized carbons (Fsp3) is 0.642. The van der Waals surface area contributed by atoms with Crippen molar-refractivity contribution in [3.05, 3.63) is 109 Å². The molecule has 0 aliphatic heterocycles.